The molecule has 4 heteroatoms. The van der Waals surface area contributed by atoms with Gasteiger partial charge in [0.15, 0.2) is 0 Å². The molecule has 2 aromatic rings. The van der Waals surface area contributed by atoms with Crippen molar-refractivity contribution in [3.8, 4) is 0 Å². The molecule has 0 unspecified atom stereocenters. The molecule has 0 aliphatic rings. The maximum absolute atomic E-state index is 5.99. The van der Waals surface area contributed by atoms with Crippen molar-refractivity contribution < 1.29 is 0 Å². The van der Waals surface area contributed by atoms with Crippen LogP contribution in [-0.4, -0.2) is 4.98 Å². The zero-order valence-corrected chi connectivity index (χ0v) is 10.5. The number of hydrogen-bond acceptors (Lipinski definition) is 4. The van der Waals surface area contributed by atoms with E-state index < -0.39 is 0 Å². The Morgan fingerprint density at radius 2 is 1.94 bits per heavy atom. The average Bonchev–Trinajstić information content (AvgIpc) is 2.32. The van der Waals surface area contributed by atoms with E-state index in [0.29, 0.717) is 0 Å². The number of rotatable bonds is 3. The summed E-state index contributed by atoms with van der Waals surface area (Å²) < 4.78 is 0. The fourth-order valence-corrected chi connectivity index (χ4v) is 3.27. The lowest BCUT2D eigenvalue weighted by Crippen LogP contribution is -1.90. The molecule has 1 aromatic carbocycles. The number of anilines is 1. The van der Waals surface area contributed by atoms with E-state index in [1.54, 1.807) is 27.8 Å². The number of nitrogens with two attached hydrogens (primary N) is 1. The Hall–Kier alpha value is -1.13. The average molecular weight is 248 g/mol. The summed E-state index contributed by atoms with van der Waals surface area (Å²) in [5.41, 5.74) is 7.97. The van der Waals surface area contributed by atoms with Gasteiger partial charge in [-0.3, -0.25) is 0 Å². The summed E-state index contributed by atoms with van der Waals surface area (Å²) >= 11 is 0. The van der Waals surface area contributed by atoms with Crippen LogP contribution in [0.1, 0.15) is 5.56 Å². The van der Waals surface area contributed by atoms with Gasteiger partial charge < -0.3 is 5.73 Å². The molecule has 0 atom stereocenters. The van der Waals surface area contributed by atoms with Gasteiger partial charge in [0.1, 0.15) is 5.03 Å². The van der Waals surface area contributed by atoms with Crippen LogP contribution in [0, 0.1) is 6.92 Å². The molecule has 2 rings (SSSR count). The number of nitrogens with zero attached hydrogens (tertiary/aromatic N) is 1. The first-order valence-electron chi connectivity index (χ1n) is 4.88. The number of nitrogen functional groups attached to an aromatic ring is 1. The minimum atomic E-state index is 0.857. The Balaban J connectivity index is 2.08. The SMILES string of the molecule is Cc1cccc(SSc2ccccn2)c1N. The van der Waals surface area contributed by atoms with Crippen molar-refractivity contribution in [3.05, 3.63) is 48.2 Å². The maximum Gasteiger partial charge on any atom is 0.107 e. The van der Waals surface area contributed by atoms with Gasteiger partial charge in [0.05, 0.1) is 0 Å². The summed E-state index contributed by atoms with van der Waals surface area (Å²) in [7, 11) is 3.27. The Bertz CT molecular complexity index is 472. The van der Waals surface area contributed by atoms with Crippen LogP contribution < -0.4 is 5.73 Å². The molecule has 0 radical (unpaired) electrons. The Morgan fingerprint density at radius 1 is 1.06 bits per heavy atom. The van der Waals surface area contributed by atoms with Crippen LogP contribution in [0.5, 0.6) is 0 Å². The summed E-state index contributed by atoms with van der Waals surface area (Å²) in [6.45, 7) is 2.02. The predicted octanol–water partition coefficient (Wildman–Crippen LogP) is 3.77. The smallest absolute Gasteiger partial charge is 0.107 e. The van der Waals surface area contributed by atoms with Crippen LogP contribution in [-0.2, 0) is 0 Å². The van der Waals surface area contributed by atoms with E-state index in [4.69, 9.17) is 5.73 Å². The third-order valence-electron chi connectivity index (χ3n) is 2.14. The number of para-hydroxylation sites is 1. The van der Waals surface area contributed by atoms with Gasteiger partial charge in [-0.1, -0.05) is 18.2 Å². The first-order valence-corrected chi connectivity index (χ1v) is 7.03. The third-order valence-corrected chi connectivity index (χ3v) is 4.47. The Labute approximate surface area is 103 Å². The lowest BCUT2D eigenvalue weighted by Gasteiger charge is -2.06. The normalized spacial score (nSPS) is 10.3. The predicted molar refractivity (Wildman–Crippen MR) is 71.5 cm³/mol. The highest BCUT2D eigenvalue weighted by Crippen LogP contribution is 2.39. The van der Waals surface area contributed by atoms with Crippen LogP contribution >= 0.6 is 21.6 Å². The molecule has 2 N–H and O–H groups in total. The number of aromatic nitrogens is 1. The van der Waals surface area contributed by atoms with Crippen molar-refractivity contribution in [2.24, 2.45) is 0 Å². The molecule has 1 aromatic heterocycles. The quantitative estimate of drug-likeness (QED) is 0.663. The molecule has 0 fully saturated rings. The Morgan fingerprint density at radius 3 is 2.69 bits per heavy atom. The number of benzene rings is 1. The fraction of sp³-hybridized carbons (Fsp3) is 0.0833. The minimum Gasteiger partial charge on any atom is -0.398 e. The summed E-state index contributed by atoms with van der Waals surface area (Å²) in [5.74, 6) is 0. The summed E-state index contributed by atoms with van der Waals surface area (Å²) in [4.78, 5) is 5.34. The van der Waals surface area contributed by atoms with Gasteiger partial charge >= 0.3 is 0 Å². The van der Waals surface area contributed by atoms with E-state index in [1.165, 1.54) is 0 Å². The maximum atomic E-state index is 5.99. The molecule has 82 valence electrons. The van der Waals surface area contributed by atoms with E-state index >= 15 is 0 Å². The second-order valence-corrected chi connectivity index (χ2v) is 5.51. The van der Waals surface area contributed by atoms with Crippen LogP contribution in [0.4, 0.5) is 5.69 Å². The summed E-state index contributed by atoms with van der Waals surface area (Å²) in [5, 5.41) is 0.994. The largest absolute Gasteiger partial charge is 0.398 e. The highest BCUT2D eigenvalue weighted by Gasteiger charge is 2.03. The van der Waals surface area contributed by atoms with E-state index in [9.17, 15) is 0 Å². The van der Waals surface area contributed by atoms with Crippen molar-refractivity contribution in [2.75, 3.05) is 5.73 Å². The monoisotopic (exact) mass is 248 g/mol. The zero-order chi connectivity index (χ0) is 11.4. The molecule has 0 bridgehead atoms. The van der Waals surface area contributed by atoms with E-state index in [0.717, 1.165) is 21.2 Å². The molecule has 1 heterocycles. The molecule has 16 heavy (non-hydrogen) atoms. The van der Waals surface area contributed by atoms with Crippen molar-refractivity contribution in [2.45, 2.75) is 16.8 Å². The van der Waals surface area contributed by atoms with Gasteiger partial charge in [0, 0.05) is 16.8 Å². The van der Waals surface area contributed by atoms with Crippen molar-refractivity contribution >= 4 is 27.3 Å². The molecule has 0 aliphatic carbocycles. The second-order valence-electron chi connectivity index (χ2n) is 3.32. The molecule has 2 nitrogen and oxygen atoms in total. The molecule has 0 amide bonds. The topological polar surface area (TPSA) is 38.9 Å². The molecule has 0 saturated carbocycles. The number of aryl methyl sites for hydroxylation is 1. The first kappa shape index (κ1) is 11.4. The van der Waals surface area contributed by atoms with Gasteiger partial charge in [-0.05, 0) is 52.3 Å². The van der Waals surface area contributed by atoms with Gasteiger partial charge in [-0.2, -0.15) is 0 Å². The fourth-order valence-electron chi connectivity index (χ4n) is 1.21. The zero-order valence-electron chi connectivity index (χ0n) is 8.88. The molecular weight excluding hydrogens is 236 g/mol. The van der Waals surface area contributed by atoms with Crippen LogP contribution in [0.25, 0.3) is 0 Å². The van der Waals surface area contributed by atoms with Gasteiger partial charge in [0.2, 0.25) is 0 Å². The second kappa shape index (κ2) is 5.27. The third kappa shape index (κ3) is 2.71. The van der Waals surface area contributed by atoms with E-state index in [-0.39, 0.29) is 0 Å². The van der Waals surface area contributed by atoms with Crippen LogP contribution in [0.15, 0.2) is 52.5 Å². The van der Waals surface area contributed by atoms with Gasteiger partial charge in [-0.15, -0.1) is 0 Å². The Kier molecular flexibility index (Phi) is 3.74. The standard InChI is InChI=1S/C12H12N2S2/c1-9-5-4-6-10(12(9)13)15-16-11-7-2-3-8-14-11/h2-8H,13H2,1H3. The minimum absolute atomic E-state index is 0.857. The lowest BCUT2D eigenvalue weighted by atomic mass is 10.2. The number of pyridine rings is 1. The van der Waals surface area contributed by atoms with Crippen molar-refractivity contribution in [1.29, 1.82) is 0 Å². The van der Waals surface area contributed by atoms with Gasteiger partial charge in [-0.25, -0.2) is 4.98 Å². The van der Waals surface area contributed by atoms with E-state index in [2.05, 4.69) is 4.98 Å². The van der Waals surface area contributed by atoms with Crippen molar-refractivity contribution in [3.63, 3.8) is 0 Å². The highest BCUT2D eigenvalue weighted by molar-refractivity contribution is 8.76. The molecule has 0 saturated heterocycles. The summed E-state index contributed by atoms with van der Waals surface area (Å²) in [6, 6.07) is 12.0. The first-order chi connectivity index (χ1) is 7.77. The lowest BCUT2D eigenvalue weighted by molar-refractivity contribution is 1.14. The van der Waals surface area contributed by atoms with Crippen molar-refractivity contribution in [1.82, 2.24) is 4.98 Å². The van der Waals surface area contributed by atoms with Crippen LogP contribution in [0.3, 0.4) is 0 Å². The number of hydrogen-bond donors (Lipinski definition) is 1. The molecular formula is C12H12N2S2. The molecule has 0 spiro atoms. The summed E-state index contributed by atoms with van der Waals surface area (Å²) in [6.07, 6.45) is 1.79. The highest BCUT2D eigenvalue weighted by atomic mass is 33.1. The van der Waals surface area contributed by atoms with Gasteiger partial charge in [0.25, 0.3) is 0 Å². The van der Waals surface area contributed by atoms with E-state index in [1.807, 2.05) is 43.3 Å². The van der Waals surface area contributed by atoms with Crippen LogP contribution in [0.2, 0.25) is 0 Å². The molecule has 0 aliphatic heterocycles.